The van der Waals surface area contributed by atoms with Gasteiger partial charge in [-0.15, -0.1) is 0 Å². The van der Waals surface area contributed by atoms with Crippen molar-refractivity contribution < 1.29 is 19.1 Å². The second-order valence-electron chi connectivity index (χ2n) is 7.06. The highest BCUT2D eigenvalue weighted by Crippen LogP contribution is 2.32. The molecule has 1 N–H and O–H groups in total. The summed E-state index contributed by atoms with van der Waals surface area (Å²) in [6, 6.07) is 13.9. The number of nitrogens with zero attached hydrogens (tertiary/aromatic N) is 1. The number of carboxylic acids is 1. The van der Waals surface area contributed by atoms with E-state index >= 15 is 0 Å². The van der Waals surface area contributed by atoms with Crippen molar-refractivity contribution in [2.24, 2.45) is 5.92 Å². The van der Waals surface area contributed by atoms with Gasteiger partial charge < -0.3 is 14.3 Å². The Bertz CT molecular complexity index is 1110. The van der Waals surface area contributed by atoms with Gasteiger partial charge in [0, 0.05) is 19.2 Å². The van der Waals surface area contributed by atoms with Crippen molar-refractivity contribution in [3.63, 3.8) is 0 Å². The molecule has 0 aliphatic carbocycles. The van der Waals surface area contributed by atoms with Gasteiger partial charge in [-0.2, -0.15) is 0 Å². The molecule has 150 valence electrons. The molecular weight excluding hydrogens is 394 g/mol. The number of carbonyl (C=O) groups is 1. The standard InChI is InChI=1S/C22H20ClNO5/c23-17-6-3-5-15-18(25)12-20(29-21(15)17)16-4-1-2-7-19(16)28-11-10-24-9-8-14(13-24)22(26)27/h1-7,12,14H,8-11,13H2,(H,26,27). The van der Waals surface area contributed by atoms with Crippen LogP contribution in [0.4, 0.5) is 0 Å². The molecule has 0 spiro atoms. The fraction of sp³-hybridized carbons (Fsp3) is 0.273. The number of aliphatic carboxylic acids is 1. The number of hydrogen-bond acceptors (Lipinski definition) is 5. The summed E-state index contributed by atoms with van der Waals surface area (Å²) < 4.78 is 11.9. The quantitative estimate of drug-likeness (QED) is 0.660. The third-order valence-electron chi connectivity index (χ3n) is 5.15. The molecular formula is C22H20ClNO5. The summed E-state index contributed by atoms with van der Waals surface area (Å²) in [5, 5.41) is 9.92. The first-order valence-electron chi connectivity index (χ1n) is 9.42. The van der Waals surface area contributed by atoms with Gasteiger partial charge in [0.15, 0.2) is 11.0 Å². The topological polar surface area (TPSA) is 80.0 Å². The van der Waals surface area contributed by atoms with E-state index in [9.17, 15) is 9.59 Å². The third kappa shape index (κ3) is 4.13. The Labute approximate surface area is 172 Å². The number of hydrogen-bond donors (Lipinski definition) is 1. The first-order valence-corrected chi connectivity index (χ1v) is 9.80. The third-order valence-corrected chi connectivity index (χ3v) is 5.44. The van der Waals surface area contributed by atoms with Gasteiger partial charge in [-0.3, -0.25) is 14.5 Å². The number of para-hydroxylation sites is 2. The second kappa shape index (κ2) is 8.27. The van der Waals surface area contributed by atoms with Crippen molar-refractivity contribution in [3.05, 3.63) is 63.8 Å². The molecule has 0 bridgehead atoms. The Hall–Kier alpha value is -2.83. The molecule has 1 unspecified atom stereocenters. The van der Waals surface area contributed by atoms with Crippen LogP contribution in [0, 0.1) is 5.92 Å². The van der Waals surface area contributed by atoms with Gasteiger partial charge in [0.25, 0.3) is 0 Å². The Morgan fingerprint density at radius 2 is 2.07 bits per heavy atom. The number of halogens is 1. The van der Waals surface area contributed by atoms with E-state index in [-0.39, 0.29) is 11.3 Å². The predicted octanol–water partition coefficient (Wildman–Crippen LogP) is 3.90. The van der Waals surface area contributed by atoms with E-state index in [2.05, 4.69) is 4.90 Å². The monoisotopic (exact) mass is 413 g/mol. The lowest BCUT2D eigenvalue weighted by molar-refractivity contribution is -0.141. The normalized spacial score (nSPS) is 16.9. The lowest BCUT2D eigenvalue weighted by Gasteiger charge is -2.17. The summed E-state index contributed by atoms with van der Waals surface area (Å²) in [5.41, 5.74) is 0.842. The Kier molecular flexibility index (Phi) is 5.56. The SMILES string of the molecule is O=C(O)C1CCN(CCOc2ccccc2-c2cc(=O)c3cccc(Cl)c3o2)C1. The number of benzene rings is 2. The van der Waals surface area contributed by atoms with Crippen LogP contribution in [0.3, 0.4) is 0 Å². The van der Waals surface area contributed by atoms with Crippen molar-refractivity contribution in [1.82, 2.24) is 4.90 Å². The molecule has 3 aromatic rings. The molecule has 1 aliphatic heterocycles. The molecule has 1 fully saturated rings. The van der Waals surface area contributed by atoms with Crippen molar-refractivity contribution in [3.8, 4) is 17.1 Å². The largest absolute Gasteiger partial charge is 0.491 e. The molecule has 1 aliphatic rings. The Balaban J connectivity index is 1.53. The van der Waals surface area contributed by atoms with Crippen LogP contribution >= 0.6 is 11.6 Å². The van der Waals surface area contributed by atoms with Crippen LogP contribution in [0.1, 0.15) is 6.42 Å². The van der Waals surface area contributed by atoms with Gasteiger partial charge >= 0.3 is 5.97 Å². The highest BCUT2D eigenvalue weighted by Gasteiger charge is 2.27. The fourth-order valence-electron chi connectivity index (χ4n) is 3.59. The van der Waals surface area contributed by atoms with Crippen LogP contribution in [0.5, 0.6) is 5.75 Å². The minimum absolute atomic E-state index is 0.171. The smallest absolute Gasteiger partial charge is 0.307 e. The molecule has 4 rings (SSSR count). The molecule has 1 aromatic heterocycles. The minimum atomic E-state index is -0.747. The molecule has 29 heavy (non-hydrogen) atoms. The van der Waals surface area contributed by atoms with E-state index < -0.39 is 5.97 Å². The summed E-state index contributed by atoms with van der Waals surface area (Å²) in [5.74, 6) is -0.0722. The molecule has 2 heterocycles. The van der Waals surface area contributed by atoms with Gasteiger partial charge in [-0.1, -0.05) is 29.8 Å². The van der Waals surface area contributed by atoms with Gasteiger partial charge in [-0.25, -0.2) is 0 Å². The van der Waals surface area contributed by atoms with E-state index in [4.69, 9.17) is 25.9 Å². The average Bonchev–Trinajstić information content (AvgIpc) is 3.18. The van der Waals surface area contributed by atoms with Gasteiger partial charge in [0.05, 0.1) is 21.9 Å². The Morgan fingerprint density at radius 3 is 2.86 bits per heavy atom. The maximum atomic E-state index is 12.5. The number of ether oxygens (including phenoxy) is 1. The Morgan fingerprint density at radius 1 is 1.24 bits per heavy atom. The lowest BCUT2D eigenvalue weighted by atomic mass is 10.1. The van der Waals surface area contributed by atoms with Gasteiger partial charge in [0.2, 0.25) is 0 Å². The second-order valence-corrected chi connectivity index (χ2v) is 7.47. The summed E-state index contributed by atoms with van der Waals surface area (Å²) >= 11 is 6.21. The van der Waals surface area contributed by atoms with E-state index in [1.165, 1.54) is 6.07 Å². The molecule has 0 saturated carbocycles. The maximum Gasteiger partial charge on any atom is 0.307 e. The lowest BCUT2D eigenvalue weighted by Crippen LogP contribution is -2.27. The van der Waals surface area contributed by atoms with Crippen LogP contribution in [0.15, 0.2) is 57.7 Å². The molecule has 1 atom stereocenters. The van der Waals surface area contributed by atoms with E-state index in [0.29, 0.717) is 59.2 Å². The number of fused-ring (bicyclic) bond motifs is 1. The van der Waals surface area contributed by atoms with Crippen molar-refractivity contribution >= 4 is 28.5 Å². The predicted molar refractivity (Wildman–Crippen MR) is 111 cm³/mol. The van der Waals surface area contributed by atoms with Gasteiger partial charge in [0.1, 0.15) is 18.1 Å². The first-order chi connectivity index (χ1) is 14.0. The molecule has 6 nitrogen and oxygen atoms in total. The first kappa shape index (κ1) is 19.5. The summed E-state index contributed by atoms with van der Waals surface area (Å²) in [6.45, 7) is 2.33. The van der Waals surface area contributed by atoms with Crippen molar-refractivity contribution in [1.29, 1.82) is 0 Å². The van der Waals surface area contributed by atoms with Crippen LogP contribution in [-0.4, -0.2) is 42.2 Å². The summed E-state index contributed by atoms with van der Waals surface area (Å²) in [4.78, 5) is 25.7. The van der Waals surface area contributed by atoms with Gasteiger partial charge in [-0.05, 0) is 37.2 Å². The minimum Gasteiger partial charge on any atom is -0.491 e. The summed E-state index contributed by atoms with van der Waals surface area (Å²) in [6.07, 6.45) is 0.662. The molecule has 0 radical (unpaired) electrons. The van der Waals surface area contributed by atoms with Crippen LogP contribution in [-0.2, 0) is 4.79 Å². The zero-order valence-electron chi connectivity index (χ0n) is 15.6. The highest BCUT2D eigenvalue weighted by molar-refractivity contribution is 6.34. The molecule has 2 aromatic carbocycles. The van der Waals surface area contributed by atoms with Crippen molar-refractivity contribution in [2.75, 3.05) is 26.2 Å². The molecule has 7 heteroatoms. The summed E-state index contributed by atoms with van der Waals surface area (Å²) in [7, 11) is 0. The van der Waals surface area contributed by atoms with Crippen LogP contribution in [0.25, 0.3) is 22.3 Å². The average molecular weight is 414 g/mol. The molecule has 1 saturated heterocycles. The number of carboxylic acid groups (broad SMARTS) is 1. The highest BCUT2D eigenvalue weighted by atomic mass is 35.5. The van der Waals surface area contributed by atoms with E-state index in [0.717, 1.165) is 6.54 Å². The van der Waals surface area contributed by atoms with Crippen molar-refractivity contribution in [2.45, 2.75) is 6.42 Å². The zero-order valence-corrected chi connectivity index (χ0v) is 16.4. The maximum absolute atomic E-state index is 12.5. The van der Waals surface area contributed by atoms with E-state index in [1.54, 1.807) is 18.2 Å². The number of likely N-dealkylation sites (tertiary alicyclic amines) is 1. The molecule has 0 amide bonds. The van der Waals surface area contributed by atoms with E-state index in [1.807, 2.05) is 24.3 Å². The fourth-order valence-corrected chi connectivity index (χ4v) is 3.81. The number of rotatable bonds is 6. The van der Waals surface area contributed by atoms with Crippen LogP contribution in [0.2, 0.25) is 5.02 Å². The van der Waals surface area contributed by atoms with Crippen LogP contribution < -0.4 is 10.2 Å². The zero-order chi connectivity index (χ0) is 20.4.